The number of nitrogens with one attached hydrogen (secondary N) is 1. The fourth-order valence-electron chi connectivity index (χ4n) is 3.42. The summed E-state index contributed by atoms with van der Waals surface area (Å²) in [6, 6.07) is 1.33. The number of nitrogens with two attached hydrogens (primary N) is 1. The molecule has 2 aromatic heterocycles. The number of carbonyl (C=O) groups excluding carboxylic acids is 1. The summed E-state index contributed by atoms with van der Waals surface area (Å²) >= 11 is 0. The maximum Gasteiger partial charge on any atom is 0.337 e. The highest BCUT2D eigenvalue weighted by Crippen LogP contribution is 2.47. The van der Waals surface area contributed by atoms with Crippen molar-refractivity contribution in [3.63, 3.8) is 0 Å². The molecule has 0 aromatic carbocycles. The first-order valence-electron chi connectivity index (χ1n) is 8.08. The molecule has 3 rings (SSSR count). The molecule has 134 valence electrons. The molecule has 0 unspecified atom stereocenters. The zero-order valence-corrected chi connectivity index (χ0v) is 14.4. The fraction of sp³-hybridized carbons (Fsp3) is 0.471. The van der Waals surface area contributed by atoms with Gasteiger partial charge in [0.2, 0.25) is 0 Å². The van der Waals surface area contributed by atoms with E-state index in [0.29, 0.717) is 24.0 Å². The van der Waals surface area contributed by atoms with Crippen LogP contribution >= 0.6 is 0 Å². The second-order valence-corrected chi connectivity index (χ2v) is 7.39. The van der Waals surface area contributed by atoms with Gasteiger partial charge in [0, 0.05) is 17.7 Å². The Kier molecular flexibility index (Phi) is 3.75. The Hall–Kier alpha value is -2.61. The van der Waals surface area contributed by atoms with Crippen molar-refractivity contribution in [2.45, 2.75) is 45.3 Å². The van der Waals surface area contributed by atoms with E-state index in [4.69, 9.17) is 5.73 Å². The van der Waals surface area contributed by atoms with Gasteiger partial charge >= 0.3 is 5.97 Å². The first-order chi connectivity index (χ1) is 11.5. The van der Waals surface area contributed by atoms with Crippen molar-refractivity contribution in [3.05, 3.63) is 29.6 Å². The summed E-state index contributed by atoms with van der Waals surface area (Å²) in [5.41, 5.74) is 5.31. The number of carbonyl (C=O) groups is 2. The number of anilines is 1. The minimum Gasteiger partial charge on any atom is -0.478 e. The van der Waals surface area contributed by atoms with Crippen LogP contribution in [0.3, 0.4) is 0 Å². The lowest BCUT2D eigenvalue weighted by Gasteiger charge is -2.38. The Balaban J connectivity index is 2.12. The van der Waals surface area contributed by atoms with E-state index < -0.39 is 22.9 Å². The number of aromatic nitrogens is 2. The topological polar surface area (TPSA) is 130 Å². The number of rotatable bonds is 4. The highest BCUT2D eigenvalue weighted by atomic mass is 16.4. The number of amides is 1. The molecule has 1 aliphatic rings. The molecular formula is C17H22N4O4. The third-order valence-corrected chi connectivity index (χ3v) is 5.65. The molecule has 1 saturated carbocycles. The van der Waals surface area contributed by atoms with Gasteiger partial charge in [-0.15, -0.1) is 0 Å². The Morgan fingerprint density at radius 1 is 1.40 bits per heavy atom. The molecule has 5 N–H and O–H groups in total. The summed E-state index contributed by atoms with van der Waals surface area (Å²) in [7, 11) is 0. The Bertz CT molecular complexity index is 869. The zero-order chi connectivity index (χ0) is 18.6. The number of nitrogens with zero attached hydrogens (tertiary/aromatic N) is 2. The van der Waals surface area contributed by atoms with Gasteiger partial charge in [-0.1, -0.05) is 13.8 Å². The summed E-state index contributed by atoms with van der Waals surface area (Å²) in [5, 5.41) is 27.2. The molecule has 0 bridgehead atoms. The van der Waals surface area contributed by atoms with E-state index in [1.165, 1.54) is 23.0 Å². The molecule has 1 fully saturated rings. The maximum atomic E-state index is 11.8. The molecule has 8 heteroatoms. The van der Waals surface area contributed by atoms with Gasteiger partial charge in [-0.05, 0) is 25.8 Å². The van der Waals surface area contributed by atoms with Crippen molar-refractivity contribution >= 4 is 23.1 Å². The Morgan fingerprint density at radius 2 is 2.08 bits per heavy atom. The maximum absolute atomic E-state index is 11.8. The van der Waals surface area contributed by atoms with E-state index in [0.717, 1.165) is 0 Å². The quantitative estimate of drug-likeness (QED) is 0.663. The lowest BCUT2D eigenvalue weighted by molar-refractivity contribution is -0.0283. The average molecular weight is 346 g/mol. The van der Waals surface area contributed by atoms with Crippen LogP contribution in [-0.4, -0.2) is 43.3 Å². The summed E-state index contributed by atoms with van der Waals surface area (Å²) in [5.74, 6) is -1.74. The molecular weight excluding hydrogens is 324 g/mol. The predicted molar refractivity (Wildman–Crippen MR) is 91.7 cm³/mol. The number of aliphatic hydroxyl groups is 1. The SMILES string of the molecule is CC1(C)[C@H](Nc2c(C(N)=O)cnn3cc(C(=O)O)cc23)CC[C@@]1(C)O. The first-order valence-corrected chi connectivity index (χ1v) is 8.08. The molecule has 0 saturated heterocycles. The predicted octanol–water partition coefficient (Wildman–Crippen LogP) is 1.48. The first kappa shape index (κ1) is 17.2. The third-order valence-electron chi connectivity index (χ3n) is 5.65. The molecule has 8 nitrogen and oxygen atoms in total. The fourth-order valence-corrected chi connectivity index (χ4v) is 3.42. The number of primary amides is 1. The molecule has 2 atom stereocenters. The second-order valence-electron chi connectivity index (χ2n) is 7.39. The van der Waals surface area contributed by atoms with Crippen molar-refractivity contribution in [2.75, 3.05) is 5.32 Å². The number of carboxylic acids is 1. The molecule has 25 heavy (non-hydrogen) atoms. The van der Waals surface area contributed by atoms with E-state index in [-0.39, 0.29) is 17.2 Å². The van der Waals surface area contributed by atoms with Crippen molar-refractivity contribution in [3.8, 4) is 0 Å². The Morgan fingerprint density at radius 3 is 2.60 bits per heavy atom. The number of fused-ring (bicyclic) bond motifs is 1. The molecule has 0 spiro atoms. The van der Waals surface area contributed by atoms with Crippen molar-refractivity contribution in [2.24, 2.45) is 11.1 Å². The third kappa shape index (κ3) is 2.62. The van der Waals surface area contributed by atoms with Crippen LogP contribution in [0.15, 0.2) is 18.5 Å². The van der Waals surface area contributed by atoms with Crippen molar-refractivity contribution < 1.29 is 19.8 Å². The van der Waals surface area contributed by atoms with E-state index in [9.17, 15) is 19.8 Å². The van der Waals surface area contributed by atoms with E-state index >= 15 is 0 Å². The van der Waals surface area contributed by atoms with Crippen LogP contribution in [0.25, 0.3) is 5.52 Å². The van der Waals surface area contributed by atoms with E-state index in [1.54, 1.807) is 6.92 Å². The van der Waals surface area contributed by atoms with Gasteiger partial charge in [-0.2, -0.15) is 5.10 Å². The van der Waals surface area contributed by atoms with Gasteiger partial charge in [0.15, 0.2) is 0 Å². The Labute approximate surface area is 144 Å². The summed E-state index contributed by atoms with van der Waals surface area (Å²) in [6.45, 7) is 5.72. The number of hydrogen-bond donors (Lipinski definition) is 4. The van der Waals surface area contributed by atoms with Crippen LogP contribution in [0.2, 0.25) is 0 Å². The van der Waals surface area contributed by atoms with Crippen LogP contribution < -0.4 is 11.1 Å². The normalized spacial score (nSPS) is 25.2. The highest BCUT2D eigenvalue weighted by molar-refractivity contribution is 6.03. The monoisotopic (exact) mass is 346 g/mol. The molecule has 2 heterocycles. The number of hydrogen-bond acceptors (Lipinski definition) is 5. The van der Waals surface area contributed by atoms with Gasteiger partial charge in [0.1, 0.15) is 0 Å². The zero-order valence-electron chi connectivity index (χ0n) is 14.4. The minimum absolute atomic E-state index is 0.0647. The standard InChI is InChI=1S/C17H22N4O4/c1-16(2)12(4-5-17(16,3)25)20-13-10(14(18)22)7-19-21-8-9(15(23)24)6-11(13)21/h6-8,12,20,25H,4-5H2,1-3H3,(H2,18,22)(H,23,24)/t12-,17-/m1/s1. The van der Waals surface area contributed by atoms with Gasteiger partial charge in [0.25, 0.3) is 5.91 Å². The number of carboxylic acid groups (broad SMARTS) is 1. The molecule has 1 aliphatic carbocycles. The molecule has 0 radical (unpaired) electrons. The van der Waals surface area contributed by atoms with Crippen LogP contribution in [0.1, 0.15) is 54.3 Å². The highest BCUT2D eigenvalue weighted by Gasteiger charge is 2.50. The smallest absolute Gasteiger partial charge is 0.337 e. The summed E-state index contributed by atoms with van der Waals surface area (Å²) < 4.78 is 1.40. The lowest BCUT2D eigenvalue weighted by Crippen LogP contribution is -2.45. The molecule has 2 aromatic rings. The van der Waals surface area contributed by atoms with E-state index in [1.807, 2.05) is 13.8 Å². The number of aromatic carboxylic acids is 1. The van der Waals surface area contributed by atoms with Crippen molar-refractivity contribution in [1.82, 2.24) is 9.61 Å². The van der Waals surface area contributed by atoms with Crippen LogP contribution in [0, 0.1) is 5.41 Å². The molecule has 0 aliphatic heterocycles. The second kappa shape index (κ2) is 5.45. The average Bonchev–Trinajstić information content (AvgIpc) is 3.02. The minimum atomic E-state index is -1.08. The van der Waals surface area contributed by atoms with Gasteiger partial charge in [-0.25, -0.2) is 9.31 Å². The van der Waals surface area contributed by atoms with Crippen LogP contribution in [-0.2, 0) is 0 Å². The summed E-state index contributed by atoms with van der Waals surface area (Å²) in [4.78, 5) is 23.1. The van der Waals surface area contributed by atoms with Crippen LogP contribution in [0.4, 0.5) is 5.69 Å². The van der Waals surface area contributed by atoms with Gasteiger partial charge < -0.3 is 21.3 Å². The van der Waals surface area contributed by atoms with E-state index in [2.05, 4.69) is 10.4 Å². The van der Waals surface area contributed by atoms with Gasteiger partial charge in [0.05, 0.1) is 34.1 Å². The van der Waals surface area contributed by atoms with Gasteiger partial charge in [-0.3, -0.25) is 4.79 Å². The lowest BCUT2D eigenvalue weighted by atomic mass is 9.76. The largest absolute Gasteiger partial charge is 0.478 e. The van der Waals surface area contributed by atoms with Crippen LogP contribution in [0.5, 0.6) is 0 Å². The molecule has 1 amide bonds. The van der Waals surface area contributed by atoms with Crippen molar-refractivity contribution in [1.29, 1.82) is 0 Å². The summed E-state index contributed by atoms with van der Waals surface area (Å²) in [6.07, 6.45) is 4.03.